The second-order valence-electron chi connectivity index (χ2n) is 4.84. The van der Waals surface area contributed by atoms with Crippen molar-refractivity contribution in [3.05, 3.63) is 47.1 Å². The molecule has 10 heteroatoms. The van der Waals surface area contributed by atoms with Crippen LogP contribution in [-0.2, 0) is 11.3 Å². The molecule has 0 spiro atoms. The molecule has 1 N–H and O–H groups in total. The molecule has 0 saturated carbocycles. The Hall–Kier alpha value is -1.55. The number of thioether (sulfide) groups is 2. The highest BCUT2D eigenvalue weighted by Gasteiger charge is 2.11. The molecule has 0 radical (unpaired) electrons. The van der Waals surface area contributed by atoms with Crippen LogP contribution in [0.15, 0.2) is 45.2 Å². The summed E-state index contributed by atoms with van der Waals surface area (Å²) >= 11 is 10.6. The van der Waals surface area contributed by atoms with Gasteiger partial charge in [0, 0.05) is 11.1 Å². The van der Waals surface area contributed by atoms with Crippen LogP contribution in [0, 0.1) is 0 Å². The van der Waals surface area contributed by atoms with Gasteiger partial charge in [0.05, 0.1) is 18.5 Å². The Bertz CT molecular complexity index is 866. The van der Waals surface area contributed by atoms with Gasteiger partial charge in [0.15, 0.2) is 8.68 Å². The van der Waals surface area contributed by atoms with E-state index >= 15 is 0 Å². The number of hydrogen-bond acceptors (Lipinski definition) is 7. The van der Waals surface area contributed by atoms with Gasteiger partial charge in [0.2, 0.25) is 5.91 Å². The van der Waals surface area contributed by atoms with Crippen molar-refractivity contribution in [1.82, 2.24) is 20.0 Å². The zero-order valence-corrected chi connectivity index (χ0v) is 16.4. The van der Waals surface area contributed by atoms with E-state index in [0.29, 0.717) is 17.4 Å². The highest BCUT2D eigenvalue weighted by Crippen LogP contribution is 2.27. The van der Waals surface area contributed by atoms with Crippen LogP contribution in [-0.4, -0.2) is 37.9 Å². The lowest BCUT2D eigenvalue weighted by Crippen LogP contribution is -2.17. The second kappa shape index (κ2) is 8.70. The summed E-state index contributed by atoms with van der Waals surface area (Å²) in [5.74, 6) is 0.778. The summed E-state index contributed by atoms with van der Waals surface area (Å²) in [6.07, 6.45) is 3.59. The molecule has 130 valence electrons. The molecule has 0 aliphatic rings. The van der Waals surface area contributed by atoms with Crippen LogP contribution in [0.1, 0.15) is 5.56 Å². The van der Waals surface area contributed by atoms with Gasteiger partial charge >= 0.3 is 0 Å². The molecule has 0 aliphatic carbocycles. The van der Waals surface area contributed by atoms with Crippen LogP contribution >= 0.6 is 46.5 Å². The maximum atomic E-state index is 12.2. The minimum Gasteiger partial charge on any atom is -0.310 e. The number of aromatic nitrogens is 4. The minimum absolute atomic E-state index is 0.119. The summed E-state index contributed by atoms with van der Waals surface area (Å²) < 4.78 is 3.38. The molecular weight excluding hydrogens is 398 g/mol. The molecule has 3 rings (SSSR count). The van der Waals surface area contributed by atoms with Gasteiger partial charge in [0.25, 0.3) is 0 Å². The Balaban J connectivity index is 1.58. The van der Waals surface area contributed by atoms with E-state index in [1.54, 1.807) is 28.7 Å². The van der Waals surface area contributed by atoms with Crippen molar-refractivity contribution in [2.75, 3.05) is 17.3 Å². The molecule has 3 aromatic rings. The van der Waals surface area contributed by atoms with Gasteiger partial charge in [0.1, 0.15) is 5.82 Å². The fourth-order valence-electron chi connectivity index (χ4n) is 2.00. The number of carbonyl (C=O) groups excluding carboxylic acids is 1. The van der Waals surface area contributed by atoms with Crippen LogP contribution in [0.3, 0.4) is 0 Å². The Labute approximate surface area is 162 Å². The van der Waals surface area contributed by atoms with Gasteiger partial charge in [-0.2, -0.15) is 5.10 Å². The zero-order chi connectivity index (χ0) is 17.6. The van der Waals surface area contributed by atoms with Gasteiger partial charge in [-0.15, -0.1) is 10.2 Å². The topological polar surface area (TPSA) is 72.7 Å². The fourth-order valence-corrected chi connectivity index (χ4v) is 4.43. The van der Waals surface area contributed by atoms with Gasteiger partial charge < -0.3 is 5.32 Å². The number of hydrogen-bond donors (Lipinski definition) is 1. The molecule has 0 fully saturated rings. The molecule has 0 aliphatic heterocycles. The van der Waals surface area contributed by atoms with Crippen LogP contribution in [0.4, 0.5) is 5.82 Å². The summed E-state index contributed by atoms with van der Waals surface area (Å²) in [5, 5.41) is 15.8. The normalized spacial score (nSPS) is 10.8. The van der Waals surface area contributed by atoms with Crippen molar-refractivity contribution < 1.29 is 4.79 Å². The number of amides is 1. The third-order valence-electron chi connectivity index (χ3n) is 3.15. The summed E-state index contributed by atoms with van der Waals surface area (Å²) in [5.41, 5.74) is 0.941. The molecule has 0 unspecified atom stereocenters. The fraction of sp³-hybridized carbons (Fsp3) is 0.200. The maximum absolute atomic E-state index is 12.2. The van der Waals surface area contributed by atoms with E-state index in [2.05, 4.69) is 20.6 Å². The molecule has 25 heavy (non-hydrogen) atoms. The van der Waals surface area contributed by atoms with Crippen molar-refractivity contribution in [3.63, 3.8) is 0 Å². The Morgan fingerprint density at radius 2 is 2.08 bits per heavy atom. The third-order valence-corrected chi connectivity index (χ3v) is 6.55. The lowest BCUT2D eigenvalue weighted by molar-refractivity contribution is -0.113. The molecule has 0 saturated heterocycles. The van der Waals surface area contributed by atoms with Crippen LogP contribution in [0.2, 0.25) is 5.02 Å². The van der Waals surface area contributed by atoms with E-state index in [1.165, 1.54) is 23.1 Å². The average Bonchev–Trinajstić information content (AvgIpc) is 3.24. The van der Waals surface area contributed by atoms with Gasteiger partial charge in [-0.25, -0.2) is 4.68 Å². The number of carbonyl (C=O) groups is 1. The third kappa shape index (κ3) is 4.97. The van der Waals surface area contributed by atoms with E-state index < -0.39 is 0 Å². The van der Waals surface area contributed by atoms with E-state index in [4.69, 9.17) is 11.6 Å². The SMILES string of the molecule is CSc1nnc(SCC(=O)Nc2ccnn2Cc2ccccc2Cl)s1. The number of halogens is 1. The first-order valence-corrected chi connectivity index (χ1v) is 10.6. The Kier molecular flexibility index (Phi) is 6.35. The monoisotopic (exact) mass is 411 g/mol. The summed E-state index contributed by atoms with van der Waals surface area (Å²) in [6.45, 7) is 0.489. The molecule has 2 heterocycles. The lowest BCUT2D eigenvalue weighted by Gasteiger charge is -2.09. The Morgan fingerprint density at radius 3 is 2.84 bits per heavy atom. The molecule has 0 bridgehead atoms. The largest absolute Gasteiger partial charge is 0.310 e. The number of rotatable bonds is 7. The smallest absolute Gasteiger partial charge is 0.235 e. The molecule has 0 atom stereocenters. The number of benzene rings is 1. The van der Waals surface area contributed by atoms with Crippen molar-refractivity contribution in [2.24, 2.45) is 0 Å². The first-order chi connectivity index (χ1) is 12.2. The quantitative estimate of drug-likeness (QED) is 0.594. The predicted molar refractivity (Wildman–Crippen MR) is 104 cm³/mol. The van der Waals surface area contributed by atoms with Gasteiger partial charge in [-0.1, -0.05) is 64.7 Å². The van der Waals surface area contributed by atoms with E-state index in [0.717, 1.165) is 14.2 Å². The second-order valence-corrected chi connectivity index (χ2v) is 8.50. The maximum Gasteiger partial charge on any atom is 0.235 e. The average molecular weight is 412 g/mol. The molecule has 1 aromatic carbocycles. The van der Waals surface area contributed by atoms with Crippen LogP contribution in [0.5, 0.6) is 0 Å². The van der Waals surface area contributed by atoms with E-state index in [1.807, 2.05) is 30.5 Å². The van der Waals surface area contributed by atoms with Crippen LogP contribution < -0.4 is 5.32 Å². The minimum atomic E-state index is -0.119. The molecular formula is C15H14ClN5OS3. The molecule has 6 nitrogen and oxygen atoms in total. The van der Waals surface area contributed by atoms with Crippen molar-refractivity contribution in [1.29, 1.82) is 0 Å². The summed E-state index contributed by atoms with van der Waals surface area (Å²) in [7, 11) is 0. The lowest BCUT2D eigenvalue weighted by atomic mass is 10.2. The molecule has 1 amide bonds. The van der Waals surface area contributed by atoms with Gasteiger partial charge in [-0.3, -0.25) is 4.79 Å². The zero-order valence-electron chi connectivity index (χ0n) is 13.2. The molecule has 2 aromatic heterocycles. The Morgan fingerprint density at radius 1 is 1.28 bits per heavy atom. The predicted octanol–water partition coefficient (Wildman–Crippen LogP) is 3.89. The number of anilines is 1. The number of nitrogens with one attached hydrogen (secondary N) is 1. The summed E-state index contributed by atoms with van der Waals surface area (Å²) in [4.78, 5) is 12.2. The first-order valence-electron chi connectivity index (χ1n) is 7.21. The highest BCUT2D eigenvalue weighted by atomic mass is 35.5. The van der Waals surface area contributed by atoms with Crippen molar-refractivity contribution in [3.8, 4) is 0 Å². The first kappa shape index (κ1) is 18.2. The standard InChI is InChI=1S/C15H14ClN5OS3/c1-23-14-19-20-15(25-14)24-9-13(22)18-12-6-7-17-21(12)8-10-4-2-3-5-11(10)16/h2-7H,8-9H2,1H3,(H,18,22). The van der Waals surface area contributed by atoms with E-state index in [-0.39, 0.29) is 11.7 Å². The van der Waals surface area contributed by atoms with Crippen molar-refractivity contribution >= 4 is 58.2 Å². The van der Waals surface area contributed by atoms with Crippen LogP contribution in [0.25, 0.3) is 0 Å². The highest BCUT2D eigenvalue weighted by molar-refractivity contribution is 8.03. The van der Waals surface area contributed by atoms with E-state index in [9.17, 15) is 4.79 Å². The number of nitrogens with zero attached hydrogens (tertiary/aromatic N) is 4. The summed E-state index contributed by atoms with van der Waals surface area (Å²) in [6, 6.07) is 9.33. The van der Waals surface area contributed by atoms with Crippen molar-refractivity contribution in [2.45, 2.75) is 15.2 Å². The van der Waals surface area contributed by atoms with Gasteiger partial charge in [-0.05, 0) is 17.9 Å².